The van der Waals surface area contributed by atoms with E-state index in [-0.39, 0.29) is 5.41 Å². The van der Waals surface area contributed by atoms with E-state index in [9.17, 15) is 0 Å². The molecule has 0 saturated carbocycles. The second kappa shape index (κ2) is 6.91. The van der Waals surface area contributed by atoms with Crippen molar-refractivity contribution >= 4 is 23.2 Å². The van der Waals surface area contributed by atoms with E-state index < -0.39 is 7.26 Å². The monoisotopic (exact) mass is 334 g/mol. The molecule has 3 aromatic carbocycles. The fourth-order valence-corrected chi connectivity index (χ4v) is 9.26. The summed E-state index contributed by atoms with van der Waals surface area (Å²) < 4.78 is 0. The molecule has 0 atom stereocenters. The van der Waals surface area contributed by atoms with Gasteiger partial charge in [0.2, 0.25) is 0 Å². The zero-order valence-corrected chi connectivity index (χ0v) is 15.9. The third-order valence-corrected chi connectivity index (χ3v) is 10.1. The molecule has 1 heteroatoms. The molecular formula is C23H27P. The minimum atomic E-state index is -2.06. The Morgan fingerprint density at radius 2 is 0.833 bits per heavy atom. The van der Waals surface area contributed by atoms with Gasteiger partial charge in [0.1, 0.15) is 0 Å². The van der Waals surface area contributed by atoms with Gasteiger partial charge in [-0.25, -0.2) is 0 Å². The van der Waals surface area contributed by atoms with Gasteiger partial charge in [0.25, 0.3) is 0 Å². The Hall–Kier alpha value is -1.91. The van der Waals surface area contributed by atoms with Crippen molar-refractivity contribution in [3.05, 3.63) is 91.0 Å². The average molecular weight is 334 g/mol. The van der Waals surface area contributed by atoms with Crippen LogP contribution in [0.25, 0.3) is 0 Å². The third kappa shape index (κ3) is 3.45. The van der Waals surface area contributed by atoms with Crippen LogP contribution in [0.4, 0.5) is 0 Å². The summed E-state index contributed by atoms with van der Waals surface area (Å²) in [6.45, 7) is 7.09. The normalized spacial score (nSPS) is 12.8. The third-order valence-electron chi connectivity index (χ3n) is 4.60. The molecule has 0 bridgehead atoms. The molecule has 3 rings (SSSR count). The Balaban J connectivity index is 2.33. The molecule has 0 spiro atoms. The van der Waals surface area contributed by atoms with Crippen molar-refractivity contribution in [1.29, 1.82) is 0 Å². The molecule has 0 aromatic heterocycles. The molecule has 124 valence electrons. The van der Waals surface area contributed by atoms with Gasteiger partial charge >= 0.3 is 147 Å². The van der Waals surface area contributed by atoms with Crippen molar-refractivity contribution in [2.45, 2.75) is 20.8 Å². The molecule has 0 unspecified atom stereocenters. The van der Waals surface area contributed by atoms with Crippen LogP contribution in [0.5, 0.6) is 0 Å². The zero-order valence-electron chi connectivity index (χ0n) is 14.9. The molecule has 0 aliphatic carbocycles. The summed E-state index contributed by atoms with van der Waals surface area (Å²) in [7, 11) is -2.06. The summed E-state index contributed by atoms with van der Waals surface area (Å²) in [4.78, 5) is 0. The standard InChI is InChI=1S/C23H27P/c1-23(2,3)19-24(20-13-7-4-8-14-20,21-15-9-5-10-16-21)22-17-11-6-12-18-22/h4-18,24H,19H2,1-3H3. The summed E-state index contributed by atoms with van der Waals surface area (Å²) in [5.74, 6) is 0. The number of rotatable bonds is 4. The van der Waals surface area contributed by atoms with Crippen molar-refractivity contribution in [2.75, 3.05) is 6.16 Å². The van der Waals surface area contributed by atoms with E-state index in [2.05, 4.69) is 112 Å². The maximum absolute atomic E-state index is 2.36. The Labute approximate surface area is 146 Å². The van der Waals surface area contributed by atoms with Crippen LogP contribution in [-0.4, -0.2) is 6.16 Å². The maximum atomic E-state index is 2.36. The molecule has 0 fully saturated rings. The Morgan fingerprint density at radius 3 is 1.08 bits per heavy atom. The van der Waals surface area contributed by atoms with E-state index in [1.165, 1.54) is 22.1 Å². The van der Waals surface area contributed by atoms with Crippen LogP contribution in [0.15, 0.2) is 91.0 Å². The summed E-state index contributed by atoms with van der Waals surface area (Å²) in [5.41, 5.74) is 0.258. The fraction of sp³-hybridized carbons (Fsp3) is 0.217. The molecule has 0 N–H and O–H groups in total. The quantitative estimate of drug-likeness (QED) is 0.604. The molecule has 24 heavy (non-hydrogen) atoms. The van der Waals surface area contributed by atoms with Crippen molar-refractivity contribution < 1.29 is 0 Å². The van der Waals surface area contributed by atoms with Gasteiger partial charge in [0.05, 0.1) is 0 Å². The van der Waals surface area contributed by atoms with Gasteiger partial charge in [-0.05, 0) is 0 Å². The van der Waals surface area contributed by atoms with Gasteiger partial charge in [0, 0.05) is 0 Å². The van der Waals surface area contributed by atoms with Crippen molar-refractivity contribution in [2.24, 2.45) is 5.41 Å². The molecule has 0 heterocycles. The van der Waals surface area contributed by atoms with E-state index in [0.29, 0.717) is 0 Å². The molecule has 0 aliphatic heterocycles. The van der Waals surface area contributed by atoms with Crippen LogP contribution in [0.2, 0.25) is 0 Å². The van der Waals surface area contributed by atoms with Gasteiger partial charge < -0.3 is 0 Å². The van der Waals surface area contributed by atoms with E-state index >= 15 is 0 Å². The average Bonchev–Trinajstić information content (AvgIpc) is 2.61. The molecule has 0 saturated heterocycles. The first-order valence-electron chi connectivity index (χ1n) is 8.69. The van der Waals surface area contributed by atoms with Crippen LogP contribution in [0.1, 0.15) is 20.8 Å². The molecular weight excluding hydrogens is 307 g/mol. The first-order valence-corrected chi connectivity index (χ1v) is 10.9. The molecule has 3 aromatic rings. The number of hydrogen-bond acceptors (Lipinski definition) is 0. The zero-order chi connectivity index (χ0) is 17.0. The van der Waals surface area contributed by atoms with Crippen LogP contribution in [0.3, 0.4) is 0 Å². The van der Waals surface area contributed by atoms with E-state index in [1.54, 1.807) is 0 Å². The molecule has 0 radical (unpaired) electrons. The van der Waals surface area contributed by atoms with Gasteiger partial charge in [-0.3, -0.25) is 0 Å². The van der Waals surface area contributed by atoms with Gasteiger partial charge in [0.15, 0.2) is 0 Å². The van der Waals surface area contributed by atoms with Crippen molar-refractivity contribution in [3.8, 4) is 0 Å². The van der Waals surface area contributed by atoms with E-state index in [4.69, 9.17) is 0 Å². The summed E-state index contributed by atoms with van der Waals surface area (Å²) >= 11 is 0. The van der Waals surface area contributed by atoms with E-state index in [1.807, 2.05) is 0 Å². The number of benzene rings is 3. The van der Waals surface area contributed by atoms with E-state index in [0.717, 1.165) is 0 Å². The second-order valence-electron chi connectivity index (χ2n) is 7.74. The predicted molar refractivity (Wildman–Crippen MR) is 111 cm³/mol. The summed E-state index contributed by atoms with van der Waals surface area (Å²) in [6, 6.07) is 33.5. The SMILES string of the molecule is CC(C)(C)C[PH](c1ccccc1)(c1ccccc1)c1ccccc1. The van der Waals surface area contributed by atoms with Crippen LogP contribution < -0.4 is 15.9 Å². The van der Waals surface area contributed by atoms with Crippen molar-refractivity contribution in [1.82, 2.24) is 0 Å². The van der Waals surface area contributed by atoms with Gasteiger partial charge in [-0.15, -0.1) is 0 Å². The molecule has 0 aliphatic rings. The Morgan fingerprint density at radius 1 is 0.542 bits per heavy atom. The van der Waals surface area contributed by atoms with Crippen LogP contribution in [-0.2, 0) is 0 Å². The Bertz CT molecular complexity index is 659. The van der Waals surface area contributed by atoms with Crippen LogP contribution in [0, 0.1) is 5.41 Å². The second-order valence-corrected chi connectivity index (χ2v) is 11.6. The van der Waals surface area contributed by atoms with Crippen LogP contribution >= 0.6 is 7.26 Å². The fourth-order valence-electron chi connectivity index (χ4n) is 3.77. The van der Waals surface area contributed by atoms with Crippen molar-refractivity contribution in [3.63, 3.8) is 0 Å². The summed E-state index contributed by atoms with van der Waals surface area (Å²) in [5, 5.41) is 4.49. The summed E-state index contributed by atoms with van der Waals surface area (Å²) in [6.07, 6.45) is 1.19. The van der Waals surface area contributed by atoms with Gasteiger partial charge in [-0.1, -0.05) is 0 Å². The minimum absolute atomic E-state index is 0.258. The first-order chi connectivity index (χ1) is 11.5. The molecule has 0 nitrogen and oxygen atoms in total. The molecule has 0 amide bonds. The number of hydrogen-bond donors (Lipinski definition) is 0. The Kier molecular flexibility index (Phi) is 4.88. The van der Waals surface area contributed by atoms with Gasteiger partial charge in [-0.2, -0.15) is 0 Å². The first kappa shape index (κ1) is 16.9. The predicted octanol–water partition coefficient (Wildman–Crippen LogP) is 4.76. The topological polar surface area (TPSA) is 0 Å².